The number of halogens is 2. The average Bonchev–Trinajstić information content (AvgIpc) is 2.44. The summed E-state index contributed by atoms with van der Waals surface area (Å²) in [5, 5.41) is 0.278. The molecule has 3 rings (SSSR count). The molecule has 108 valence electrons. The number of ether oxygens (including phenoxy) is 1. The molecule has 6 heteroatoms. The second-order valence-electron chi connectivity index (χ2n) is 4.73. The van der Waals surface area contributed by atoms with Crippen molar-refractivity contribution < 1.29 is 13.9 Å². The Bertz CT molecular complexity index is 721. The first-order valence-electron chi connectivity index (χ1n) is 6.31. The van der Waals surface area contributed by atoms with E-state index in [4.69, 9.17) is 22.1 Å². The Balaban J connectivity index is 1.98. The lowest BCUT2D eigenvalue weighted by molar-refractivity contribution is -0.121. The Kier molecular flexibility index (Phi) is 3.43. The van der Waals surface area contributed by atoms with E-state index in [1.54, 1.807) is 24.3 Å². The normalized spacial score (nSPS) is 13.8. The van der Waals surface area contributed by atoms with Crippen molar-refractivity contribution in [2.45, 2.75) is 6.54 Å². The molecule has 4 nitrogen and oxygen atoms in total. The summed E-state index contributed by atoms with van der Waals surface area (Å²) in [5.74, 6) is -0.0303. The molecule has 2 N–H and O–H groups in total. The first-order valence-corrected chi connectivity index (χ1v) is 6.69. The van der Waals surface area contributed by atoms with Gasteiger partial charge in [0.05, 0.1) is 12.2 Å². The summed E-state index contributed by atoms with van der Waals surface area (Å²) in [6.07, 6.45) is 0. The highest BCUT2D eigenvalue weighted by atomic mass is 35.5. The van der Waals surface area contributed by atoms with Gasteiger partial charge in [0.2, 0.25) is 0 Å². The van der Waals surface area contributed by atoms with Gasteiger partial charge in [0, 0.05) is 10.7 Å². The summed E-state index contributed by atoms with van der Waals surface area (Å²) >= 11 is 6.02. The van der Waals surface area contributed by atoms with Gasteiger partial charge in [-0.15, -0.1) is 0 Å². The number of rotatable bonds is 2. The lowest BCUT2D eigenvalue weighted by Gasteiger charge is -2.30. The minimum absolute atomic E-state index is 0.0459. The largest absolute Gasteiger partial charge is 0.482 e. The van der Waals surface area contributed by atoms with Crippen LogP contribution in [0.2, 0.25) is 5.02 Å². The molecule has 0 saturated carbocycles. The highest BCUT2D eigenvalue weighted by Gasteiger charge is 2.26. The summed E-state index contributed by atoms with van der Waals surface area (Å²) in [4.78, 5) is 13.6. The van der Waals surface area contributed by atoms with E-state index in [9.17, 15) is 9.18 Å². The molecular weight excluding hydrogens is 295 g/mol. The highest BCUT2D eigenvalue weighted by Crippen LogP contribution is 2.35. The lowest BCUT2D eigenvalue weighted by atomic mass is 10.1. The third kappa shape index (κ3) is 2.64. The van der Waals surface area contributed by atoms with Crippen molar-refractivity contribution >= 4 is 28.9 Å². The second-order valence-corrected chi connectivity index (χ2v) is 5.14. The standard InChI is InChI=1S/C15H12ClFN2O2/c16-12-5-10(17)2-1-9(12)7-19-13-6-11(18)3-4-14(13)21-8-15(19)20/h1-6H,7-8,18H2. The van der Waals surface area contributed by atoms with Crippen LogP contribution in [0.25, 0.3) is 0 Å². The Hall–Kier alpha value is -2.27. The molecule has 0 aliphatic carbocycles. The molecule has 0 unspecified atom stereocenters. The number of nitrogens with two attached hydrogens (primary N) is 1. The number of anilines is 2. The van der Waals surface area contributed by atoms with Crippen LogP contribution in [0.5, 0.6) is 5.75 Å². The number of carbonyl (C=O) groups excluding carboxylic acids is 1. The first-order chi connectivity index (χ1) is 10.0. The molecule has 2 aromatic carbocycles. The van der Waals surface area contributed by atoms with Gasteiger partial charge >= 0.3 is 0 Å². The number of amides is 1. The molecule has 1 amide bonds. The minimum atomic E-state index is -0.415. The summed E-state index contributed by atoms with van der Waals surface area (Å²) in [7, 11) is 0. The molecule has 0 spiro atoms. The maximum absolute atomic E-state index is 13.1. The number of hydrogen-bond donors (Lipinski definition) is 1. The van der Waals surface area contributed by atoms with Crippen LogP contribution in [0.4, 0.5) is 15.8 Å². The molecule has 0 fully saturated rings. The van der Waals surface area contributed by atoms with Gasteiger partial charge < -0.3 is 15.4 Å². The Morgan fingerprint density at radius 2 is 2.10 bits per heavy atom. The maximum Gasteiger partial charge on any atom is 0.265 e. The lowest BCUT2D eigenvalue weighted by Crippen LogP contribution is -2.38. The molecule has 0 saturated heterocycles. The van der Waals surface area contributed by atoms with Crippen molar-refractivity contribution in [3.63, 3.8) is 0 Å². The zero-order valence-electron chi connectivity index (χ0n) is 11.0. The summed E-state index contributed by atoms with van der Waals surface area (Å²) in [6, 6.07) is 9.19. The van der Waals surface area contributed by atoms with Crippen LogP contribution in [0, 0.1) is 5.82 Å². The van der Waals surface area contributed by atoms with Gasteiger partial charge in [0.25, 0.3) is 5.91 Å². The van der Waals surface area contributed by atoms with E-state index in [0.717, 1.165) is 0 Å². The Morgan fingerprint density at radius 1 is 1.29 bits per heavy atom. The van der Waals surface area contributed by atoms with E-state index >= 15 is 0 Å². The van der Waals surface area contributed by atoms with Gasteiger partial charge in [-0.1, -0.05) is 17.7 Å². The van der Waals surface area contributed by atoms with Crippen LogP contribution in [-0.2, 0) is 11.3 Å². The van der Waals surface area contributed by atoms with Crippen LogP contribution in [0.3, 0.4) is 0 Å². The van der Waals surface area contributed by atoms with Gasteiger partial charge in [-0.3, -0.25) is 4.79 Å². The fourth-order valence-electron chi connectivity index (χ4n) is 2.21. The van der Waals surface area contributed by atoms with Gasteiger partial charge in [0.1, 0.15) is 11.6 Å². The van der Waals surface area contributed by atoms with Gasteiger partial charge in [-0.25, -0.2) is 4.39 Å². The number of fused-ring (bicyclic) bond motifs is 1. The van der Waals surface area contributed by atoms with E-state index in [-0.39, 0.29) is 24.1 Å². The predicted molar refractivity (Wildman–Crippen MR) is 78.9 cm³/mol. The summed E-state index contributed by atoms with van der Waals surface area (Å²) in [6.45, 7) is 0.188. The topological polar surface area (TPSA) is 55.6 Å². The fraction of sp³-hybridized carbons (Fsp3) is 0.133. The fourth-order valence-corrected chi connectivity index (χ4v) is 2.44. The Labute approximate surface area is 125 Å². The number of carbonyl (C=O) groups is 1. The number of hydrogen-bond acceptors (Lipinski definition) is 3. The number of benzene rings is 2. The zero-order valence-corrected chi connectivity index (χ0v) is 11.7. The van der Waals surface area contributed by atoms with E-state index in [2.05, 4.69) is 0 Å². The highest BCUT2D eigenvalue weighted by molar-refractivity contribution is 6.31. The van der Waals surface area contributed by atoms with Crippen LogP contribution < -0.4 is 15.4 Å². The van der Waals surface area contributed by atoms with Crippen LogP contribution in [0.1, 0.15) is 5.56 Å². The molecule has 0 atom stereocenters. The van der Waals surface area contributed by atoms with Crippen molar-refractivity contribution in [2.24, 2.45) is 0 Å². The number of nitrogen functional groups attached to an aromatic ring is 1. The molecule has 0 radical (unpaired) electrons. The maximum atomic E-state index is 13.1. The smallest absolute Gasteiger partial charge is 0.265 e. The molecule has 21 heavy (non-hydrogen) atoms. The molecular formula is C15H12ClFN2O2. The second kappa shape index (κ2) is 5.26. The van der Waals surface area contributed by atoms with Crippen molar-refractivity contribution in [1.82, 2.24) is 0 Å². The van der Waals surface area contributed by atoms with E-state index in [0.29, 0.717) is 22.7 Å². The number of nitrogens with zero attached hydrogens (tertiary/aromatic N) is 1. The molecule has 1 aliphatic rings. The Morgan fingerprint density at radius 3 is 2.86 bits per heavy atom. The minimum Gasteiger partial charge on any atom is -0.482 e. The monoisotopic (exact) mass is 306 g/mol. The SMILES string of the molecule is Nc1ccc2c(c1)N(Cc1ccc(F)cc1Cl)C(=O)CO2. The first kappa shape index (κ1) is 13.7. The molecule has 1 aliphatic heterocycles. The van der Waals surface area contributed by atoms with Crippen LogP contribution >= 0.6 is 11.6 Å². The van der Waals surface area contributed by atoms with Gasteiger partial charge in [-0.05, 0) is 35.9 Å². The van der Waals surface area contributed by atoms with Crippen molar-refractivity contribution in [2.75, 3.05) is 17.2 Å². The van der Waals surface area contributed by atoms with Gasteiger partial charge in [-0.2, -0.15) is 0 Å². The molecule has 0 aromatic heterocycles. The van der Waals surface area contributed by atoms with Crippen LogP contribution in [0.15, 0.2) is 36.4 Å². The third-order valence-corrected chi connectivity index (χ3v) is 3.62. The van der Waals surface area contributed by atoms with E-state index in [1.807, 2.05) is 0 Å². The van der Waals surface area contributed by atoms with Crippen molar-refractivity contribution in [1.29, 1.82) is 0 Å². The molecule has 1 heterocycles. The van der Waals surface area contributed by atoms with Gasteiger partial charge in [0.15, 0.2) is 6.61 Å². The molecule has 0 bridgehead atoms. The van der Waals surface area contributed by atoms with Crippen LogP contribution in [-0.4, -0.2) is 12.5 Å². The third-order valence-electron chi connectivity index (χ3n) is 3.27. The zero-order chi connectivity index (χ0) is 15.0. The van der Waals surface area contributed by atoms with Crippen molar-refractivity contribution in [3.8, 4) is 5.75 Å². The summed E-state index contributed by atoms with van der Waals surface area (Å²) < 4.78 is 18.5. The summed E-state index contributed by atoms with van der Waals surface area (Å²) in [5.41, 5.74) is 7.54. The average molecular weight is 307 g/mol. The van der Waals surface area contributed by atoms with E-state index < -0.39 is 5.82 Å². The van der Waals surface area contributed by atoms with Crippen molar-refractivity contribution in [3.05, 3.63) is 52.8 Å². The molecule has 2 aromatic rings. The van der Waals surface area contributed by atoms with E-state index in [1.165, 1.54) is 17.0 Å². The quantitative estimate of drug-likeness (QED) is 0.868. The predicted octanol–water partition coefficient (Wildman–Crippen LogP) is 2.99.